The molecule has 3 heteroatoms. The smallest absolute Gasteiger partial charge is 0.193 e. The first kappa shape index (κ1) is 9.71. The fourth-order valence-corrected chi connectivity index (χ4v) is 0.867. The Labute approximate surface area is 78.5 Å². The summed E-state index contributed by atoms with van der Waals surface area (Å²) in [6.07, 6.45) is 6.37. The largest absolute Gasteiger partial charge is 0.442 e. The predicted octanol–water partition coefficient (Wildman–Crippen LogP) is 2.31. The van der Waals surface area contributed by atoms with Gasteiger partial charge in [-0.2, -0.15) is 4.99 Å². The van der Waals surface area contributed by atoms with Gasteiger partial charge in [-0.15, -0.1) is 0 Å². The Hall–Kier alpha value is -1.38. The minimum absolute atomic E-state index is 0.653. The second-order valence-corrected chi connectivity index (χ2v) is 2.80. The molecule has 0 atom stereocenters. The first-order chi connectivity index (χ1) is 6.27. The Balaban J connectivity index is 2.74. The summed E-state index contributed by atoms with van der Waals surface area (Å²) >= 11 is 0. The van der Waals surface area contributed by atoms with Crippen LogP contribution in [0, 0.1) is 0 Å². The molecule has 1 rings (SSSR count). The molecule has 1 aliphatic rings. The first-order valence-electron chi connectivity index (χ1n) is 4.31. The second-order valence-electron chi connectivity index (χ2n) is 2.80. The van der Waals surface area contributed by atoms with Gasteiger partial charge in [-0.05, 0) is 19.4 Å². The number of amidine groups is 1. The molecule has 0 aromatic heterocycles. The van der Waals surface area contributed by atoms with Crippen molar-refractivity contribution in [2.75, 3.05) is 7.05 Å². The Kier molecular flexibility index (Phi) is 3.43. The zero-order valence-electron chi connectivity index (χ0n) is 8.24. The number of allylic oxidation sites excluding steroid dienone is 3. The Bertz CT molecular complexity index is 298. The van der Waals surface area contributed by atoms with E-state index in [4.69, 9.17) is 4.74 Å². The molecule has 0 saturated carbocycles. The molecule has 0 spiro atoms. The molecular weight excluding hydrogens is 164 g/mol. The van der Waals surface area contributed by atoms with Gasteiger partial charge in [0.1, 0.15) is 0 Å². The van der Waals surface area contributed by atoms with E-state index in [1.54, 1.807) is 7.05 Å². The molecule has 0 unspecified atom stereocenters. The molecule has 1 aliphatic heterocycles. The van der Waals surface area contributed by atoms with Gasteiger partial charge in [0, 0.05) is 7.05 Å². The van der Waals surface area contributed by atoms with E-state index in [0.29, 0.717) is 5.84 Å². The average molecular weight is 178 g/mol. The normalized spacial score (nSPS) is 22.8. The summed E-state index contributed by atoms with van der Waals surface area (Å²) < 4.78 is 5.15. The van der Waals surface area contributed by atoms with Crippen molar-refractivity contribution in [1.82, 2.24) is 0 Å². The first-order valence-corrected chi connectivity index (χ1v) is 4.31. The van der Waals surface area contributed by atoms with E-state index in [1.807, 2.05) is 12.2 Å². The lowest BCUT2D eigenvalue weighted by Gasteiger charge is -1.95. The van der Waals surface area contributed by atoms with Crippen LogP contribution in [0.25, 0.3) is 0 Å². The molecule has 0 fully saturated rings. The molecule has 3 nitrogen and oxygen atoms in total. The van der Waals surface area contributed by atoms with Gasteiger partial charge in [0.25, 0.3) is 0 Å². The van der Waals surface area contributed by atoms with Gasteiger partial charge >= 0.3 is 0 Å². The summed E-state index contributed by atoms with van der Waals surface area (Å²) in [7, 11) is 1.70. The van der Waals surface area contributed by atoms with Gasteiger partial charge in [0.05, 0.1) is 0 Å². The SMILES string of the molecule is CC/C(C)=C/C=C1/OC=NC1=NC. The van der Waals surface area contributed by atoms with E-state index in [2.05, 4.69) is 23.8 Å². The molecule has 0 N–H and O–H groups in total. The molecule has 13 heavy (non-hydrogen) atoms. The van der Waals surface area contributed by atoms with Gasteiger partial charge < -0.3 is 4.74 Å². The van der Waals surface area contributed by atoms with E-state index < -0.39 is 0 Å². The van der Waals surface area contributed by atoms with Crippen molar-refractivity contribution in [2.24, 2.45) is 9.98 Å². The van der Waals surface area contributed by atoms with Crippen molar-refractivity contribution >= 4 is 12.2 Å². The zero-order chi connectivity index (χ0) is 9.68. The van der Waals surface area contributed by atoms with Crippen LogP contribution in [0.5, 0.6) is 0 Å². The molecule has 70 valence electrons. The van der Waals surface area contributed by atoms with E-state index in [1.165, 1.54) is 12.0 Å². The number of hydrogen-bond donors (Lipinski definition) is 0. The fraction of sp³-hybridized carbons (Fsp3) is 0.400. The van der Waals surface area contributed by atoms with E-state index in [-0.39, 0.29) is 0 Å². The third-order valence-electron chi connectivity index (χ3n) is 1.86. The maximum Gasteiger partial charge on any atom is 0.193 e. The van der Waals surface area contributed by atoms with Crippen LogP contribution in [0.1, 0.15) is 20.3 Å². The van der Waals surface area contributed by atoms with Gasteiger partial charge in [0.15, 0.2) is 18.0 Å². The summed E-state index contributed by atoms with van der Waals surface area (Å²) in [4.78, 5) is 7.91. The topological polar surface area (TPSA) is 34.0 Å². The maximum atomic E-state index is 5.15. The molecule has 0 saturated heterocycles. The molecule has 0 radical (unpaired) electrons. The highest BCUT2D eigenvalue weighted by molar-refractivity contribution is 6.04. The van der Waals surface area contributed by atoms with Crippen LogP contribution in [0.15, 0.2) is 33.5 Å². The average Bonchev–Trinajstić information content (AvgIpc) is 2.61. The molecule has 1 heterocycles. The van der Waals surface area contributed by atoms with Crippen LogP contribution >= 0.6 is 0 Å². The highest BCUT2D eigenvalue weighted by atomic mass is 16.5. The lowest BCUT2D eigenvalue weighted by Crippen LogP contribution is -1.93. The number of hydrogen-bond acceptors (Lipinski definition) is 2. The van der Waals surface area contributed by atoms with Crippen LogP contribution in [0.4, 0.5) is 0 Å². The fourth-order valence-electron chi connectivity index (χ4n) is 0.867. The molecule has 0 aromatic rings. The Morgan fingerprint density at radius 3 is 3.08 bits per heavy atom. The molecule has 0 bridgehead atoms. The quantitative estimate of drug-likeness (QED) is 0.638. The third kappa shape index (κ3) is 2.54. The summed E-state index contributed by atoms with van der Waals surface area (Å²) in [6.45, 7) is 4.20. The number of rotatable bonds is 2. The molecule has 0 aromatic carbocycles. The number of nitrogens with zero attached hydrogens (tertiary/aromatic N) is 2. The third-order valence-corrected chi connectivity index (χ3v) is 1.86. The van der Waals surface area contributed by atoms with Gasteiger partial charge in [-0.1, -0.05) is 18.6 Å². The monoisotopic (exact) mass is 178 g/mol. The van der Waals surface area contributed by atoms with Gasteiger partial charge in [-0.3, -0.25) is 4.99 Å². The van der Waals surface area contributed by atoms with Crippen LogP contribution < -0.4 is 0 Å². The Morgan fingerprint density at radius 1 is 1.69 bits per heavy atom. The van der Waals surface area contributed by atoms with E-state index in [9.17, 15) is 0 Å². The predicted molar refractivity (Wildman–Crippen MR) is 55.1 cm³/mol. The van der Waals surface area contributed by atoms with Crippen LogP contribution in [0.3, 0.4) is 0 Å². The van der Waals surface area contributed by atoms with Crippen molar-refractivity contribution in [3.63, 3.8) is 0 Å². The van der Waals surface area contributed by atoms with Crippen molar-refractivity contribution in [2.45, 2.75) is 20.3 Å². The lowest BCUT2D eigenvalue weighted by atomic mass is 10.2. The maximum absolute atomic E-state index is 5.15. The molecule has 0 amide bonds. The van der Waals surface area contributed by atoms with Gasteiger partial charge in [0.2, 0.25) is 0 Å². The highest BCUT2D eigenvalue weighted by Gasteiger charge is 2.10. The lowest BCUT2D eigenvalue weighted by molar-refractivity contribution is 0.479. The van der Waals surface area contributed by atoms with Gasteiger partial charge in [-0.25, -0.2) is 0 Å². The summed E-state index contributed by atoms with van der Waals surface area (Å²) in [6, 6.07) is 0. The van der Waals surface area contributed by atoms with Crippen molar-refractivity contribution in [3.05, 3.63) is 23.5 Å². The van der Waals surface area contributed by atoms with Crippen molar-refractivity contribution < 1.29 is 4.74 Å². The van der Waals surface area contributed by atoms with Crippen LogP contribution in [0.2, 0.25) is 0 Å². The van der Waals surface area contributed by atoms with Crippen molar-refractivity contribution in [1.29, 1.82) is 0 Å². The molecular formula is C10H14N2O. The molecule has 0 aliphatic carbocycles. The number of ether oxygens (including phenoxy) is 1. The van der Waals surface area contributed by atoms with Crippen LogP contribution in [-0.4, -0.2) is 19.3 Å². The summed E-state index contributed by atoms with van der Waals surface area (Å²) in [5, 5.41) is 0. The highest BCUT2D eigenvalue weighted by Crippen LogP contribution is 2.09. The summed E-state index contributed by atoms with van der Waals surface area (Å²) in [5.41, 5.74) is 1.30. The standard InChI is InChI=1S/C10H14N2O/c1-4-8(2)5-6-9-10(11-3)12-7-13-9/h5-7H,4H2,1-3H3/b8-5+,9-6+,11-10?. The Morgan fingerprint density at radius 2 is 2.46 bits per heavy atom. The van der Waals surface area contributed by atoms with E-state index in [0.717, 1.165) is 12.2 Å². The minimum atomic E-state index is 0.653. The van der Waals surface area contributed by atoms with Crippen LogP contribution in [-0.2, 0) is 4.74 Å². The van der Waals surface area contributed by atoms with E-state index >= 15 is 0 Å². The van der Waals surface area contributed by atoms with Crippen molar-refractivity contribution in [3.8, 4) is 0 Å². The summed E-state index contributed by atoms with van der Waals surface area (Å²) in [5.74, 6) is 1.37. The number of aliphatic imine (C=N–C) groups is 2. The second kappa shape index (κ2) is 4.60. The minimum Gasteiger partial charge on any atom is -0.442 e. The zero-order valence-corrected chi connectivity index (χ0v) is 8.24.